The van der Waals surface area contributed by atoms with Gasteiger partial charge in [0.1, 0.15) is 5.82 Å². The van der Waals surface area contributed by atoms with Crippen LogP contribution in [0.15, 0.2) is 12.1 Å². The van der Waals surface area contributed by atoms with Crippen molar-refractivity contribution >= 4 is 17.0 Å². The predicted molar refractivity (Wildman–Crippen MR) is 75.3 cm³/mol. The van der Waals surface area contributed by atoms with Crippen LogP contribution in [-0.2, 0) is 6.54 Å². The molecule has 0 bridgehead atoms. The SMILES string of the molecule is Cc1cc2c(cc1F)nc(N)n2CC1CCCC1C. The zero-order valence-electron chi connectivity index (χ0n) is 11.5. The molecule has 0 aliphatic heterocycles. The molecule has 102 valence electrons. The first-order chi connectivity index (χ1) is 9.06. The standard InChI is InChI=1S/C15H20FN3/c1-9-4-3-5-11(9)8-19-14-6-10(2)12(16)7-13(14)18-15(19)17/h6-7,9,11H,3-5,8H2,1-2H3,(H2,17,18). The Morgan fingerprint density at radius 2 is 2.21 bits per heavy atom. The van der Waals surface area contributed by atoms with Crippen LogP contribution in [0.2, 0.25) is 0 Å². The summed E-state index contributed by atoms with van der Waals surface area (Å²) in [5.74, 6) is 1.67. The van der Waals surface area contributed by atoms with Gasteiger partial charge in [0.15, 0.2) is 0 Å². The smallest absolute Gasteiger partial charge is 0.201 e. The van der Waals surface area contributed by atoms with Gasteiger partial charge in [0.05, 0.1) is 11.0 Å². The summed E-state index contributed by atoms with van der Waals surface area (Å²) in [5.41, 5.74) is 8.27. The number of aryl methyl sites for hydroxylation is 1. The molecule has 2 aromatic rings. The second-order valence-corrected chi connectivity index (χ2v) is 5.84. The third-order valence-corrected chi connectivity index (χ3v) is 4.51. The molecule has 2 unspecified atom stereocenters. The van der Waals surface area contributed by atoms with Crippen LogP contribution in [0.4, 0.5) is 10.3 Å². The zero-order valence-corrected chi connectivity index (χ0v) is 11.5. The number of nitrogens with zero attached hydrogens (tertiary/aromatic N) is 2. The van der Waals surface area contributed by atoms with Gasteiger partial charge in [-0.3, -0.25) is 0 Å². The maximum absolute atomic E-state index is 13.6. The van der Waals surface area contributed by atoms with E-state index in [-0.39, 0.29) is 5.82 Å². The van der Waals surface area contributed by atoms with Crippen molar-refractivity contribution in [1.82, 2.24) is 9.55 Å². The summed E-state index contributed by atoms with van der Waals surface area (Å²) in [6.45, 7) is 4.98. The lowest BCUT2D eigenvalue weighted by Crippen LogP contribution is -2.14. The van der Waals surface area contributed by atoms with E-state index in [1.54, 1.807) is 6.92 Å². The third-order valence-electron chi connectivity index (χ3n) is 4.51. The first-order valence-electron chi connectivity index (χ1n) is 6.98. The maximum atomic E-state index is 13.6. The topological polar surface area (TPSA) is 43.8 Å². The van der Waals surface area contributed by atoms with Crippen LogP contribution in [0.1, 0.15) is 31.7 Å². The van der Waals surface area contributed by atoms with E-state index in [1.165, 1.54) is 25.3 Å². The van der Waals surface area contributed by atoms with E-state index in [0.29, 0.717) is 22.9 Å². The minimum absolute atomic E-state index is 0.216. The number of imidazole rings is 1. The van der Waals surface area contributed by atoms with E-state index >= 15 is 0 Å². The van der Waals surface area contributed by atoms with Crippen molar-refractivity contribution in [1.29, 1.82) is 0 Å². The first-order valence-corrected chi connectivity index (χ1v) is 6.98. The molecule has 3 nitrogen and oxygen atoms in total. The molecule has 1 heterocycles. The molecule has 1 fully saturated rings. The van der Waals surface area contributed by atoms with Crippen molar-refractivity contribution < 1.29 is 4.39 Å². The lowest BCUT2D eigenvalue weighted by atomic mass is 9.98. The first kappa shape index (κ1) is 12.5. The number of aromatic nitrogens is 2. The molecule has 1 saturated carbocycles. The highest BCUT2D eigenvalue weighted by molar-refractivity contribution is 5.79. The van der Waals surface area contributed by atoms with Gasteiger partial charge in [-0.05, 0) is 36.8 Å². The summed E-state index contributed by atoms with van der Waals surface area (Å²) in [7, 11) is 0. The molecule has 0 amide bonds. The molecule has 2 N–H and O–H groups in total. The summed E-state index contributed by atoms with van der Waals surface area (Å²) in [4.78, 5) is 4.28. The minimum Gasteiger partial charge on any atom is -0.369 e. The summed E-state index contributed by atoms with van der Waals surface area (Å²) < 4.78 is 15.6. The Bertz CT molecular complexity index is 617. The van der Waals surface area contributed by atoms with Gasteiger partial charge in [0.25, 0.3) is 0 Å². The number of benzene rings is 1. The Balaban J connectivity index is 2.02. The van der Waals surface area contributed by atoms with E-state index in [2.05, 4.69) is 11.9 Å². The Labute approximate surface area is 112 Å². The monoisotopic (exact) mass is 261 g/mol. The molecule has 19 heavy (non-hydrogen) atoms. The van der Waals surface area contributed by atoms with Crippen LogP contribution in [0, 0.1) is 24.6 Å². The Hall–Kier alpha value is -1.58. The van der Waals surface area contributed by atoms with E-state index in [1.807, 2.05) is 10.6 Å². The Morgan fingerprint density at radius 3 is 2.89 bits per heavy atom. The average molecular weight is 261 g/mol. The number of fused-ring (bicyclic) bond motifs is 1. The molecule has 0 saturated heterocycles. The largest absolute Gasteiger partial charge is 0.369 e. The highest BCUT2D eigenvalue weighted by atomic mass is 19.1. The van der Waals surface area contributed by atoms with Crippen molar-refractivity contribution in [3.05, 3.63) is 23.5 Å². The van der Waals surface area contributed by atoms with Gasteiger partial charge in [0, 0.05) is 12.6 Å². The quantitative estimate of drug-likeness (QED) is 0.899. The maximum Gasteiger partial charge on any atom is 0.201 e. The van der Waals surface area contributed by atoms with Crippen LogP contribution in [0.3, 0.4) is 0 Å². The van der Waals surface area contributed by atoms with Crippen molar-refractivity contribution in [2.45, 2.75) is 39.7 Å². The van der Waals surface area contributed by atoms with E-state index in [4.69, 9.17) is 5.73 Å². The Morgan fingerprint density at radius 1 is 1.42 bits per heavy atom. The summed E-state index contributed by atoms with van der Waals surface area (Å²) in [6.07, 6.45) is 3.84. The van der Waals surface area contributed by atoms with Crippen LogP contribution < -0.4 is 5.73 Å². The summed E-state index contributed by atoms with van der Waals surface area (Å²) in [5, 5.41) is 0. The highest BCUT2D eigenvalue weighted by Crippen LogP contribution is 2.34. The molecular weight excluding hydrogens is 241 g/mol. The van der Waals surface area contributed by atoms with Crippen molar-refractivity contribution in [2.24, 2.45) is 11.8 Å². The molecule has 0 radical (unpaired) electrons. The molecule has 1 aliphatic carbocycles. The molecule has 2 atom stereocenters. The van der Waals surface area contributed by atoms with Gasteiger partial charge in [-0.2, -0.15) is 0 Å². The Kier molecular flexibility index (Phi) is 2.96. The predicted octanol–water partition coefficient (Wildman–Crippen LogP) is 3.50. The molecule has 0 spiro atoms. The fraction of sp³-hybridized carbons (Fsp3) is 0.533. The molecule has 1 aliphatic rings. The van der Waals surface area contributed by atoms with Crippen molar-refractivity contribution in [3.63, 3.8) is 0 Å². The second kappa shape index (κ2) is 4.51. The normalized spacial score (nSPS) is 23.3. The number of halogens is 1. The van der Waals surface area contributed by atoms with Crippen LogP contribution in [0.5, 0.6) is 0 Å². The van der Waals surface area contributed by atoms with Gasteiger partial charge < -0.3 is 10.3 Å². The lowest BCUT2D eigenvalue weighted by Gasteiger charge is -2.17. The average Bonchev–Trinajstić information content (AvgIpc) is 2.88. The molecule has 1 aromatic heterocycles. The molecule has 3 rings (SSSR count). The fourth-order valence-electron chi connectivity index (χ4n) is 3.19. The number of rotatable bonds is 2. The van der Waals surface area contributed by atoms with Crippen molar-refractivity contribution in [3.8, 4) is 0 Å². The van der Waals surface area contributed by atoms with Crippen molar-refractivity contribution in [2.75, 3.05) is 5.73 Å². The van der Waals surface area contributed by atoms with Gasteiger partial charge in [-0.25, -0.2) is 9.37 Å². The molecule has 1 aromatic carbocycles. The van der Waals surface area contributed by atoms with Gasteiger partial charge in [-0.15, -0.1) is 0 Å². The minimum atomic E-state index is -0.216. The third kappa shape index (κ3) is 2.09. The lowest BCUT2D eigenvalue weighted by molar-refractivity contribution is 0.370. The number of hydrogen-bond acceptors (Lipinski definition) is 2. The number of nitrogen functional groups attached to an aromatic ring is 1. The molecular formula is C15H20FN3. The van der Waals surface area contributed by atoms with Crippen LogP contribution >= 0.6 is 0 Å². The van der Waals surface area contributed by atoms with Crippen LogP contribution in [0.25, 0.3) is 11.0 Å². The summed E-state index contributed by atoms with van der Waals surface area (Å²) >= 11 is 0. The van der Waals surface area contributed by atoms with E-state index in [9.17, 15) is 4.39 Å². The fourth-order valence-corrected chi connectivity index (χ4v) is 3.19. The number of anilines is 1. The number of hydrogen-bond donors (Lipinski definition) is 1. The van der Waals surface area contributed by atoms with E-state index < -0.39 is 0 Å². The highest BCUT2D eigenvalue weighted by Gasteiger charge is 2.25. The van der Waals surface area contributed by atoms with Gasteiger partial charge in [-0.1, -0.05) is 19.8 Å². The molecule has 4 heteroatoms. The number of nitrogens with two attached hydrogens (primary N) is 1. The second-order valence-electron chi connectivity index (χ2n) is 5.84. The van der Waals surface area contributed by atoms with Gasteiger partial charge in [0.2, 0.25) is 5.95 Å². The zero-order chi connectivity index (χ0) is 13.6. The van der Waals surface area contributed by atoms with Gasteiger partial charge >= 0.3 is 0 Å². The summed E-state index contributed by atoms with van der Waals surface area (Å²) in [6, 6.07) is 3.34. The van der Waals surface area contributed by atoms with Crippen LogP contribution in [-0.4, -0.2) is 9.55 Å². The van der Waals surface area contributed by atoms with E-state index in [0.717, 1.165) is 18.0 Å².